The van der Waals surface area contributed by atoms with Gasteiger partial charge in [-0.3, -0.25) is 4.79 Å². The summed E-state index contributed by atoms with van der Waals surface area (Å²) in [4.78, 5) is 11.0. The number of aliphatic hydroxyl groups is 1. The van der Waals surface area contributed by atoms with E-state index in [1.54, 1.807) is 6.92 Å². The molecule has 3 rings (SSSR count). The highest BCUT2D eigenvalue weighted by atomic mass is 32.2. The van der Waals surface area contributed by atoms with Crippen molar-refractivity contribution in [3.63, 3.8) is 0 Å². The van der Waals surface area contributed by atoms with Crippen LogP contribution in [0.4, 0.5) is 0 Å². The maximum atomic E-state index is 11.0. The molecule has 6 nitrogen and oxygen atoms in total. The van der Waals surface area contributed by atoms with Gasteiger partial charge in [-0.25, -0.2) is 0 Å². The molecule has 1 heterocycles. The maximum absolute atomic E-state index is 11.0. The molecule has 0 fully saturated rings. The quantitative estimate of drug-likeness (QED) is 0.412. The molecule has 4 N–H and O–H groups in total. The van der Waals surface area contributed by atoms with Crippen molar-refractivity contribution in [2.45, 2.75) is 84.1 Å². The van der Waals surface area contributed by atoms with E-state index in [-0.39, 0.29) is 11.9 Å². The zero-order valence-electron chi connectivity index (χ0n) is 22.1. The molecule has 0 amide bonds. The van der Waals surface area contributed by atoms with Crippen LogP contribution in [0.15, 0.2) is 24.3 Å². The van der Waals surface area contributed by atoms with E-state index in [0.717, 1.165) is 69.5 Å². The first-order valence-corrected chi connectivity index (χ1v) is 13.2. The van der Waals surface area contributed by atoms with E-state index in [1.165, 1.54) is 0 Å². The summed E-state index contributed by atoms with van der Waals surface area (Å²) in [6.07, 6.45) is 2.19. The van der Waals surface area contributed by atoms with Crippen molar-refractivity contribution in [3.8, 4) is 17.2 Å². The second-order valence-electron chi connectivity index (χ2n) is 9.60. The minimum atomic E-state index is -0.852. The van der Waals surface area contributed by atoms with E-state index < -0.39 is 11.1 Å². The molecule has 1 aliphatic heterocycles. The molecule has 1 aliphatic rings. The first-order chi connectivity index (χ1) is 16.5. The first-order valence-electron chi connectivity index (χ1n) is 12.2. The molecule has 3 unspecified atom stereocenters. The molecule has 194 valence electrons. The van der Waals surface area contributed by atoms with Crippen molar-refractivity contribution in [2.24, 2.45) is 5.73 Å². The Labute approximate surface area is 214 Å². The average molecular weight is 504 g/mol. The Bertz CT molecular complexity index is 1010. The number of nitrogens with two attached hydrogens (primary N) is 1. The fraction of sp³-hybridized carbons (Fsp3) is 0.536. The molecule has 3 atom stereocenters. The summed E-state index contributed by atoms with van der Waals surface area (Å²) < 4.78 is 12.5. The zero-order valence-corrected chi connectivity index (χ0v) is 22.9. The van der Waals surface area contributed by atoms with Gasteiger partial charge in [0, 0.05) is 16.4 Å². The van der Waals surface area contributed by atoms with E-state index in [2.05, 4.69) is 6.92 Å². The summed E-state index contributed by atoms with van der Waals surface area (Å²) >= 11 is 1.10. The number of benzene rings is 2. The van der Waals surface area contributed by atoms with E-state index in [4.69, 9.17) is 15.2 Å². The Morgan fingerprint density at radius 2 is 1.83 bits per heavy atom. The van der Waals surface area contributed by atoms with Crippen molar-refractivity contribution in [3.05, 3.63) is 52.1 Å². The van der Waals surface area contributed by atoms with Crippen molar-refractivity contribution in [2.75, 3.05) is 13.2 Å². The summed E-state index contributed by atoms with van der Waals surface area (Å²) in [5.41, 5.74) is 10.4. The van der Waals surface area contributed by atoms with E-state index >= 15 is 0 Å². The smallest absolute Gasteiger partial charge is 0.176 e. The molecular formula is C28H41NO5S. The van der Waals surface area contributed by atoms with Crippen LogP contribution in [0.5, 0.6) is 17.2 Å². The second kappa shape index (κ2) is 12.2. The molecule has 0 bridgehead atoms. The normalized spacial score (nSPS) is 19.3. The van der Waals surface area contributed by atoms with Crippen LogP contribution in [0.1, 0.15) is 61.9 Å². The van der Waals surface area contributed by atoms with Crippen molar-refractivity contribution >= 4 is 17.4 Å². The molecule has 0 aliphatic carbocycles. The van der Waals surface area contributed by atoms with Gasteiger partial charge in [0.2, 0.25) is 0 Å². The molecule has 0 saturated heterocycles. The van der Waals surface area contributed by atoms with E-state index in [0.29, 0.717) is 18.8 Å². The van der Waals surface area contributed by atoms with Crippen molar-refractivity contribution in [1.82, 2.24) is 0 Å². The number of carbonyl (C=O) groups is 1. The number of thioether (sulfide) groups is 1. The minimum absolute atomic E-state index is 0.195. The van der Waals surface area contributed by atoms with Gasteiger partial charge in [-0.1, -0.05) is 37.7 Å². The molecule has 35 heavy (non-hydrogen) atoms. The van der Waals surface area contributed by atoms with Gasteiger partial charge in [0.05, 0.1) is 6.61 Å². The zero-order chi connectivity index (χ0) is 26.4. The van der Waals surface area contributed by atoms with Crippen molar-refractivity contribution in [1.29, 1.82) is 0 Å². The first kappa shape index (κ1) is 29.0. The number of phenols is 1. The van der Waals surface area contributed by atoms with Gasteiger partial charge < -0.3 is 25.4 Å². The topological polar surface area (TPSA) is 102 Å². The van der Waals surface area contributed by atoms with Gasteiger partial charge in [0.15, 0.2) is 5.62 Å². The number of aromatic hydroxyl groups is 1. The monoisotopic (exact) mass is 503 g/mol. The lowest BCUT2D eigenvalue weighted by atomic mass is 9.87. The summed E-state index contributed by atoms with van der Waals surface area (Å²) in [6, 6.07) is 7.73. The number of rotatable bonds is 9. The minimum Gasteiger partial charge on any atom is -0.507 e. The number of phenolic OH excluding ortho intramolecular Hbond substituents is 1. The fourth-order valence-electron chi connectivity index (χ4n) is 4.17. The standard InChI is InChI=1S/C26H35NO5S.C2H6/c1-16-17(2)24-21(18(3)23(16)30)10-11-25(4,32-24)14-31-20-8-6-19(7-9-20)12-22(33-15-29)26(5,27)13-28;1-2/h6-9,15,22,28,30H,10-14,27H2,1-5H3;1-2H3. The fourth-order valence-corrected chi connectivity index (χ4v) is 4.98. The van der Waals surface area contributed by atoms with E-state index in [1.807, 2.05) is 58.9 Å². The SMILES string of the molecule is CC.Cc1c(C)c2c(c(C)c1O)CCC(C)(COc1ccc(CC(SC=O)C(C)(N)CO)cc1)O2. The molecular weight excluding hydrogens is 462 g/mol. The van der Waals surface area contributed by atoms with Gasteiger partial charge in [-0.15, -0.1) is 0 Å². The predicted octanol–water partition coefficient (Wildman–Crippen LogP) is 5.05. The van der Waals surface area contributed by atoms with Crippen molar-refractivity contribution < 1.29 is 24.5 Å². The van der Waals surface area contributed by atoms with Gasteiger partial charge in [-0.05, 0) is 88.3 Å². The lowest BCUT2D eigenvalue weighted by Gasteiger charge is -2.37. The lowest BCUT2D eigenvalue weighted by Crippen LogP contribution is -2.50. The van der Waals surface area contributed by atoms with Gasteiger partial charge >= 0.3 is 0 Å². The van der Waals surface area contributed by atoms with Crippen LogP contribution < -0.4 is 15.2 Å². The number of fused-ring (bicyclic) bond motifs is 1. The Kier molecular flexibility index (Phi) is 10.1. The molecule has 2 aromatic rings. The third-order valence-electron chi connectivity index (χ3n) is 6.78. The van der Waals surface area contributed by atoms with Gasteiger partial charge in [-0.2, -0.15) is 0 Å². The Morgan fingerprint density at radius 3 is 2.40 bits per heavy atom. The van der Waals surface area contributed by atoms with Crippen LogP contribution in [0, 0.1) is 20.8 Å². The third kappa shape index (κ3) is 6.72. The molecule has 2 aromatic carbocycles. The summed E-state index contributed by atoms with van der Waals surface area (Å²) in [6.45, 7) is 13.9. The predicted molar refractivity (Wildman–Crippen MR) is 144 cm³/mol. The van der Waals surface area contributed by atoms with Crippen LogP contribution >= 0.6 is 11.8 Å². The summed E-state index contributed by atoms with van der Waals surface area (Å²) in [7, 11) is 0. The number of aliphatic hydroxyl groups excluding tert-OH is 1. The van der Waals surface area contributed by atoms with Crippen LogP contribution in [0.3, 0.4) is 0 Å². The Morgan fingerprint density at radius 1 is 1.20 bits per heavy atom. The molecule has 0 radical (unpaired) electrons. The third-order valence-corrected chi connectivity index (χ3v) is 7.92. The molecule has 0 aromatic heterocycles. The van der Waals surface area contributed by atoms with Crippen LogP contribution in [-0.2, 0) is 17.6 Å². The number of hydrogen-bond donors (Lipinski definition) is 3. The molecule has 0 saturated carbocycles. The highest BCUT2D eigenvalue weighted by Crippen LogP contribution is 2.43. The van der Waals surface area contributed by atoms with Crippen LogP contribution in [0.2, 0.25) is 0 Å². The van der Waals surface area contributed by atoms with Gasteiger partial charge in [0.1, 0.15) is 29.5 Å². The highest BCUT2D eigenvalue weighted by Gasteiger charge is 2.35. The average Bonchev–Trinajstić information content (AvgIpc) is 2.86. The number of ether oxygens (including phenoxy) is 2. The van der Waals surface area contributed by atoms with E-state index in [9.17, 15) is 15.0 Å². The number of carbonyl (C=O) groups excluding carboxylic acids is 1. The molecule has 7 heteroatoms. The Balaban J connectivity index is 0.00000210. The largest absolute Gasteiger partial charge is 0.507 e. The summed E-state index contributed by atoms with van der Waals surface area (Å²) in [5, 5.41) is 19.7. The van der Waals surface area contributed by atoms with Crippen LogP contribution in [0.25, 0.3) is 0 Å². The summed E-state index contributed by atoms with van der Waals surface area (Å²) in [5.74, 6) is 1.96. The van der Waals surface area contributed by atoms with Crippen LogP contribution in [-0.4, -0.2) is 45.4 Å². The van der Waals surface area contributed by atoms with Gasteiger partial charge in [0.25, 0.3) is 0 Å². The lowest BCUT2D eigenvalue weighted by molar-refractivity contribution is 0.0166. The maximum Gasteiger partial charge on any atom is 0.176 e. The second-order valence-corrected chi connectivity index (χ2v) is 10.6. The molecule has 0 spiro atoms. The Hall–Kier alpha value is -2.22. The number of hydrogen-bond acceptors (Lipinski definition) is 7. The highest BCUT2D eigenvalue weighted by molar-refractivity contribution is 8.12.